The summed E-state index contributed by atoms with van der Waals surface area (Å²) in [6.45, 7) is 8.45. The average molecular weight is 211 g/mol. The molecular formula is C13H25NO. The molecule has 0 spiro atoms. The zero-order valence-corrected chi connectivity index (χ0v) is 10.5. The molecule has 0 aromatic carbocycles. The Balaban J connectivity index is 2.81. The number of hydrogen-bond donors (Lipinski definition) is 0. The van der Waals surface area contributed by atoms with Gasteiger partial charge in [-0.3, -0.25) is 9.69 Å². The predicted molar refractivity (Wildman–Crippen MR) is 64.0 cm³/mol. The van der Waals surface area contributed by atoms with Crippen LogP contribution < -0.4 is 0 Å². The number of ketones is 1. The molecule has 2 nitrogen and oxygen atoms in total. The van der Waals surface area contributed by atoms with Crippen molar-refractivity contribution < 1.29 is 4.79 Å². The molecule has 1 aliphatic carbocycles. The SMILES string of the molecule is CCCC(=O)C1(N(CC)CC)CCCC1. The Morgan fingerprint density at radius 2 is 1.67 bits per heavy atom. The van der Waals surface area contributed by atoms with Gasteiger partial charge in [0.05, 0.1) is 5.54 Å². The summed E-state index contributed by atoms with van der Waals surface area (Å²) in [5.74, 6) is 0.492. The van der Waals surface area contributed by atoms with Gasteiger partial charge in [0.2, 0.25) is 0 Å². The van der Waals surface area contributed by atoms with Crippen molar-refractivity contribution in [2.24, 2.45) is 0 Å². The minimum atomic E-state index is -0.0838. The van der Waals surface area contributed by atoms with E-state index in [4.69, 9.17) is 0 Å². The van der Waals surface area contributed by atoms with E-state index >= 15 is 0 Å². The van der Waals surface area contributed by atoms with E-state index in [1.54, 1.807) is 0 Å². The standard InChI is InChI=1S/C13H25NO/c1-4-9-12(15)13(10-7-8-11-13)14(5-2)6-3/h4-11H2,1-3H3. The van der Waals surface area contributed by atoms with Crippen LogP contribution in [0.3, 0.4) is 0 Å². The third kappa shape index (κ3) is 2.41. The molecule has 0 heterocycles. The molecule has 0 unspecified atom stereocenters. The van der Waals surface area contributed by atoms with Crippen LogP contribution in [0.1, 0.15) is 59.3 Å². The Morgan fingerprint density at radius 1 is 1.13 bits per heavy atom. The monoisotopic (exact) mass is 211 g/mol. The molecule has 1 rings (SSSR count). The number of hydrogen-bond acceptors (Lipinski definition) is 2. The van der Waals surface area contributed by atoms with Crippen molar-refractivity contribution in [3.63, 3.8) is 0 Å². The summed E-state index contributed by atoms with van der Waals surface area (Å²) in [4.78, 5) is 14.7. The van der Waals surface area contributed by atoms with E-state index in [0.717, 1.165) is 38.8 Å². The van der Waals surface area contributed by atoms with Crippen LogP contribution in [0.5, 0.6) is 0 Å². The fraction of sp³-hybridized carbons (Fsp3) is 0.923. The van der Waals surface area contributed by atoms with Gasteiger partial charge in [-0.15, -0.1) is 0 Å². The molecule has 88 valence electrons. The minimum absolute atomic E-state index is 0.0838. The van der Waals surface area contributed by atoms with Crippen molar-refractivity contribution in [1.82, 2.24) is 4.90 Å². The maximum absolute atomic E-state index is 12.3. The van der Waals surface area contributed by atoms with Crippen LogP contribution in [-0.2, 0) is 4.79 Å². The lowest BCUT2D eigenvalue weighted by atomic mass is 9.87. The van der Waals surface area contributed by atoms with Crippen LogP contribution in [-0.4, -0.2) is 29.3 Å². The molecule has 0 N–H and O–H groups in total. The average Bonchev–Trinajstić information content (AvgIpc) is 2.70. The first-order valence-corrected chi connectivity index (χ1v) is 6.49. The highest BCUT2D eigenvalue weighted by Gasteiger charge is 2.43. The van der Waals surface area contributed by atoms with Gasteiger partial charge in [0.25, 0.3) is 0 Å². The molecule has 0 aliphatic heterocycles. The second kappa shape index (κ2) is 5.64. The maximum atomic E-state index is 12.3. The van der Waals surface area contributed by atoms with Crippen molar-refractivity contribution in [3.8, 4) is 0 Å². The molecule has 0 atom stereocenters. The fourth-order valence-electron chi connectivity index (χ4n) is 3.02. The molecule has 0 radical (unpaired) electrons. The Morgan fingerprint density at radius 3 is 2.07 bits per heavy atom. The topological polar surface area (TPSA) is 20.3 Å². The van der Waals surface area contributed by atoms with Crippen LogP contribution in [0.2, 0.25) is 0 Å². The van der Waals surface area contributed by atoms with E-state index in [-0.39, 0.29) is 5.54 Å². The van der Waals surface area contributed by atoms with Crippen molar-refractivity contribution in [3.05, 3.63) is 0 Å². The Labute approximate surface area is 94.0 Å². The van der Waals surface area contributed by atoms with Crippen LogP contribution >= 0.6 is 0 Å². The highest BCUT2D eigenvalue weighted by molar-refractivity contribution is 5.88. The molecule has 1 fully saturated rings. The van der Waals surface area contributed by atoms with Gasteiger partial charge >= 0.3 is 0 Å². The van der Waals surface area contributed by atoms with E-state index < -0.39 is 0 Å². The van der Waals surface area contributed by atoms with Gasteiger partial charge in [-0.1, -0.05) is 33.6 Å². The predicted octanol–water partition coefficient (Wildman–Crippen LogP) is 3.01. The molecule has 0 aromatic rings. The van der Waals surface area contributed by atoms with Crippen molar-refractivity contribution >= 4 is 5.78 Å². The highest BCUT2D eigenvalue weighted by atomic mass is 16.1. The van der Waals surface area contributed by atoms with E-state index in [9.17, 15) is 4.79 Å². The third-order valence-corrected chi connectivity index (χ3v) is 3.80. The van der Waals surface area contributed by atoms with Gasteiger partial charge in [-0.25, -0.2) is 0 Å². The number of rotatable bonds is 6. The van der Waals surface area contributed by atoms with Gasteiger partial charge < -0.3 is 0 Å². The summed E-state index contributed by atoms with van der Waals surface area (Å²) >= 11 is 0. The van der Waals surface area contributed by atoms with E-state index in [1.165, 1.54) is 12.8 Å². The summed E-state index contributed by atoms with van der Waals surface area (Å²) in [6, 6.07) is 0. The lowest BCUT2D eigenvalue weighted by molar-refractivity contribution is -0.131. The number of likely N-dealkylation sites (N-methyl/N-ethyl adjacent to an activating group) is 1. The van der Waals surface area contributed by atoms with Gasteiger partial charge in [0, 0.05) is 6.42 Å². The first kappa shape index (κ1) is 12.7. The Hall–Kier alpha value is -0.370. The smallest absolute Gasteiger partial charge is 0.153 e. The van der Waals surface area contributed by atoms with Crippen molar-refractivity contribution in [2.45, 2.75) is 64.8 Å². The van der Waals surface area contributed by atoms with Gasteiger partial charge in [-0.05, 0) is 32.4 Å². The highest BCUT2D eigenvalue weighted by Crippen LogP contribution is 2.37. The molecule has 0 aromatic heterocycles. The summed E-state index contributed by atoms with van der Waals surface area (Å²) in [5.41, 5.74) is -0.0838. The summed E-state index contributed by atoms with van der Waals surface area (Å²) < 4.78 is 0. The number of nitrogens with zero attached hydrogens (tertiary/aromatic N) is 1. The van der Waals surface area contributed by atoms with Gasteiger partial charge in [0.15, 0.2) is 5.78 Å². The second-order valence-electron chi connectivity index (χ2n) is 4.58. The fourth-order valence-corrected chi connectivity index (χ4v) is 3.02. The zero-order chi connectivity index (χ0) is 11.3. The first-order valence-electron chi connectivity index (χ1n) is 6.49. The van der Waals surface area contributed by atoms with E-state index in [0.29, 0.717) is 5.78 Å². The van der Waals surface area contributed by atoms with Crippen molar-refractivity contribution in [2.75, 3.05) is 13.1 Å². The van der Waals surface area contributed by atoms with Crippen LogP contribution in [0.4, 0.5) is 0 Å². The maximum Gasteiger partial charge on any atom is 0.153 e. The van der Waals surface area contributed by atoms with Gasteiger partial charge in [-0.2, -0.15) is 0 Å². The summed E-state index contributed by atoms with van der Waals surface area (Å²) in [6.07, 6.45) is 6.39. The second-order valence-corrected chi connectivity index (χ2v) is 4.58. The third-order valence-electron chi connectivity index (χ3n) is 3.80. The van der Waals surface area contributed by atoms with E-state index in [1.807, 2.05) is 0 Å². The van der Waals surface area contributed by atoms with Crippen molar-refractivity contribution in [1.29, 1.82) is 0 Å². The zero-order valence-electron chi connectivity index (χ0n) is 10.5. The largest absolute Gasteiger partial charge is 0.298 e. The quantitative estimate of drug-likeness (QED) is 0.673. The number of Topliss-reactive ketones (excluding diaryl/α,β-unsaturated/α-hetero) is 1. The van der Waals surface area contributed by atoms with Gasteiger partial charge in [0.1, 0.15) is 0 Å². The Kier molecular flexibility index (Phi) is 4.78. The lowest BCUT2D eigenvalue weighted by Crippen LogP contribution is -2.52. The van der Waals surface area contributed by atoms with Crippen LogP contribution in [0, 0.1) is 0 Å². The normalized spacial score (nSPS) is 19.7. The van der Waals surface area contributed by atoms with E-state index in [2.05, 4.69) is 25.7 Å². The number of carbonyl (C=O) groups excluding carboxylic acids is 1. The summed E-state index contributed by atoms with van der Waals surface area (Å²) in [7, 11) is 0. The molecule has 0 bridgehead atoms. The molecule has 1 aliphatic rings. The lowest BCUT2D eigenvalue weighted by Gasteiger charge is -2.39. The molecule has 0 amide bonds. The molecular weight excluding hydrogens is 186 g/mol. The Bertz CT molecular complexity index is 203. The molecule has 2 heteroatoms. The molecule has 0 saturated heterocycles. The van der Waals surface area contributed by atoms with Crippen LogP contribution in [0.15, 0.2) is 0 Å². The number of carbonyl (C=O) groups is 1. The molecule has 15 heavy (non-hydrogen) atoms. The first-order chi connectivity index (χ1) is 7.21. The minimum Gasteiger partial charge on any atom is -0.298 e. The molecule has 1 saturated carbocycles. The van der Waals surface area contributed by atoms with Crippen LogP contribution in [0.25, 0.3) is 0 Å². The summed E-state index contributed by atoms with van der Waals surface area (Å²) in [5, 5.41) is 0.